The number of aromatic nitrogens is 3. The van der Waals surface area contributed by atoms with Gasteiger partial charge in [0.25, 0.3) is 0 Å². The van der Waals surface area contributed by atoms with E-state index < -0.39 is 0 Å². The summed E-state index contributed by atoms with van der Waals surface area (Å²) in [6, 6.07) is 15.5. The summed E-state index contributed by atoms with van der Waals surface area (Å²) in [7, 11) is 3.30. The van der Waals surface area contributed by atoms with E-state index in [-0.39, 0.29) is 0 Å². The fraction of sp³-hybridized carbons (Fsp3) is 0.211. The third-order valence-corrected chi connectivity index (χ3v) is 3.76. The molecule has 0 fully saturated rings. The molecule has 1 aromatic heterocycles. The SMILES string of the molecule is COc1ccc(Nc2nncc(NCCc3cccc(OC)c3)n2)cc1. The van der Waals surface area contributed by atoms with Crippen LogP contribution in [0.25, 0.3) is 0 Å². The van der Waals surface area contributed by atoms with Crippen LogP contribution in [0.1, 0.15) is 5.56 Å². The first-order chi connectivity index (χ1) is 12.8. The predicted octanol–water partition coefficient (Wildman–Crippen LogP) is 3.29. The van der Waals surface area contributed by atoms with E-state index in [4.69, 9.17) is 9.47 Å². The Morgan fingerprint density at radius 1 is 0.962 bits per heavy atom. The fourth-order valence-electron chi connectivity index (χ4n) is 2.41. The van der Waals surface area contributed by atoms with Crippen LogP contribution in [-0.4, -0.2) is 35.9 Å². The zero-order chi connectivity index (χ0) is 18.2. The molecule has 2 aromatic carbocycles. The molecule has 0 amide bonds. The first kappa shape index (κ1) is 17.5. The van der Waals surface area contributed by atoms with Crippen LogP contribution in [0.15, 0.2) is 54.7 Å². The molecule has 7 nitrogen and oxygen atoms in total. The summed E-state index contributed by atoms with van der Waals surface area (Å²) in [6.45, 7) is 0.730. The summed E-state index contributed by atoms with van der Waals surface area (Å²) in [6.07, 6.45) is 2.45. The van der Waals surface area contributed by atoms with Crippen molar-refractivity contribution < 1.29 is 9.47 Å². The smallest absolute Gasteiger partial charge is 0.249 e. The summed E-state index contributed by atoms with van der Waals surface area (Å²) in [4.78, 5) is 4.42. The fourth-order valence-corrected chi connectivity index (χ4v) is 2.41. The van der Waals surface area contributed by atoms with Gasteiger partial charge in [-0.3, -0.25) is 0 Å². The quantitative estimate of drug-likeness (QED) is 0.644. The Morgan fingerprint density at radius 2 is 1.77 bits per heavy atom. The van der Waals surface area contributed by atoms with Crippen LogP contribution in [0, 0.1) is 0 Å². The number of rotatable bonds is 8. The van der Waals surface area contributed by atoms with E-state index in [9.17, 15) is 0 Å². The number of methoxy groups -OCH3 is 2. The van der Waals surface area contributed by atoms with Crippen LogP contribution in [0.3, 0.4) is 0 Å². The lowest BCUT2D eigenvalue weighted by Crippen LogP contribution is -2.08. The molecule has 7 heteroatoms. The van der Waals surface area contributed by atoms with E-state index in [1.54, 1.807) is 20.4 Å². The summed E-state index contributed by atoms with van der Waals surface area (Å²) < 4.78 is 10.4. The highest BCUT2D eigenvalue weighted by Gasteiger charge is 2.02. The Kier molecular flexibility index (Phi) is 5.82. The van der Waals surface area contributed by atoms with Gasteiger partial charge in [-0.1, -0.05) is 12.1 Å². The second-order valence-electron chi connectivity index (χ2n) is 5.55. The van der Waals surface area contributed by atoms with Crippen molar-refractivity contribution in [2.75, 3.05) is 31.4 Å². The van der Waals surface area contributed by atoms with Gasteiger partial charge in [-0.15, -0.1) is 5.10 Å². The molecule has 26 heavy (non-hydrogen) atoms. The second-order valence-corrected chi connectivity index (χ2v) is 5.55. The first-order valence-corrected chi connectivity index (χ1v) is 8.24. The van der Waals surface area contributed by atoms with Gasteiger partial charge in [0.1, 0.15) is 11.5 Å². The number of hydrogen-bond donors (Lipinski definition) is 2. The Balaban J connectivity index is 1.56. The van der Waals surface area contributed by atoms with Gasteiger partial charge in [0.15, 0.2) is 5.82 Å². The Morgan fingerprint density at radius 3 is 2.54 bits per heavy atom. The van der Waals surface area contributed by atoms with Crippen molar-refractivity contribution in [3.8, 4) is 11.5 Å². The van der Waals surface area contributed by atoms with Crippen molar-refractivity contribution in [1.82, 2.24) is 15.2 Å². The highest BCUT2D eigenvalue weighted by molar-refractivity contribution is 5.55. The second kappa shape index (κ2) is 8.66. The molecule has 0 aliphatic carbocycles. The number of nitrogens with zero attached hydrogens (tertiary/aromatic N) is 3. The number of ether oxygens (including phenoxy) is 2. The van der Waals surface area contributed by atoms with E-state index >= 15 is 0 Å². The van der Waals surface area contributed by atoms with Crippen LogP contribution < -0.4 is 20.1 Å². The maximum atomic E-state index is 5.24. The molecular formula is C19H21N5O2. The van der Waals surface area contributed by atoms with Gasteiger partial charge < -0.3 is 20.1 Å². The molecule has 0 aliphatic heterocycles. The lowest BCUT2D eigenvalue weighted by atomic mass is 10.1. The van der Waals surface area contributed by atoms with E-state index in [0.29, 0.717) is 11.8 Å². The van der Waals surface area contributed by atoms with Crippen molar-refractivity contribution in [3.05, 3.63) is 60.3 Å². The van der Waals surface area contributed by atoms with Crippen molar-refractivity contribution >= 4 is 17.5 Å². The number of hydrogen-bond acceptors (Lipinski definition) is 7. The monoisotopic (exact) mass is 351 g/mol. The highest BCUT2D eigenvalue weighted by Crippen LogP contribution is 2.18. The zero-order valence-corrected chi connectivity index (χ0v) is 14.8. The molecule has 3 aromatic rings. The third-order valence-electron chi connectivity index (χ3n) is 3.76. The Bertz CT molecular complexity index is 839. The molecule has 0 spiro atoms. The van der Waals surface area contributed by atoms with Crippen molar-refractivity contribution in [2.24, 2.45) is 0 Å². The van der Waals surface area contributed by atoms with E-state index in [0.717, 1.165) is 30.2 Å². The molecule has 3 rings (SSSR count). The van der Waals surface area contributed by atoms with Gasteiger partial charge in [-0.25, -0.2) is 0 Å². The number of nitrogens with one attached hydrogen (secondary N) is 2. The molecule has 0 unspecified atom stereocenters. The van der Waals surface area contributed by atoms with Crippen LogP contribution in [0.2, 0.25) is 0 Å². The average molecular weight is 351 g/mol. The number of anilines is 3. The van der Waals surface area contributed by atoms with E-state index in [1.807, 2.05) is 42.5 Å². The van der Waals surface area contributed by atoms with Crippen LogP contribution in [0.5, 0.6) is 11.5 Å². The van der Waals surface area contributed by atoms with Crippen molar-refractivity contribution in [1.29, 1.82) is 0 Å². The standard InChI is InChI=1S/C19H21N5O2/c1-25-16-8-6-15(7-9-16)22-19-23-18(13-21-24-19)20-11-10-14-4-3-5-17(12-14)26-2/h3-9,12-13H,10-11H2,1-2H3,(H2,20,22,23,24). The minimum Gasteiger partial charge on any atom is -0.497 e. The van der Waals surface area contributed by atoms with Gasteiger partial charge in [0, 0.05) is 12.2 Å². The normalized spacial score (nSPS) is 10.2. The number of benzene rings is 2. The van der Waals surface area contributed by atoms with E-state index in [2.05, 4.69) is 31.9 Å². The topological polar surface area (TPSA) is 81.2 Å². The maximum Gasteiger partial charge on any atom is 0.249 e. The molecule has 0 radical (unpaired) electrons. The van der Waals surface area contributed by atoms with E-state index in [1.165, 1.54) is 5.56 Å². The molecule has 0 atom stereocenters. The van der Waals surface area contributed by atoms with Gasteiger partial charge in [0.05, 0.1) is 20.4 Å². The molecular weight excluding hydrogens is 330 g/mol. The predicted molar refractivity (Wildman–Crippen MR) is 101 cm³/mol. The third kappa shape index (κ3) is 4.83. The first-order valence-electron chi connectivity index (χ1n) is 8.24. The Labute approximate surface area is 152 Å². The lowest BCUT2D eigenvalue weighted by Gasteiger charge is -2.09. The minimum atomic E-state index is 0.432. The van der Waals surface area contributed by atoms with Gasteiger partial charge in [-0.2, -0.15) is 10.1 Å². The van der Waals surface area contributed by atoms with Crippen LogP contribution >= 0.6 is 0 Å². The average Bonchev–Trinajstić information content (AvgIpc) is 2.69. The van der Waals surface area contributed by atoms with Gasteiger partial charge in [0.2, 0.25) is 5.95 Å². The molecule has 0 saturated heterocycles. The lowest BCUT2D eigenvalue weighted by molar-refractivity contribution is 0.414. The molecule has 1 heterocycles. The molecule has 0 saturated carbocycles. The Hall–Kier alpha value is -3.35. The molecule has 0 bridgehead atoms. The highest BCUT2D eigenvalue weighted by atomic mass is 16.5. The summed E-state index contributed by atoms with van der Waals surface area (Å²) >= 11 is 0. The van der Waals surface area contributed by atoms with Crippen LogP contribution in [0.4, 0.5) is 17.5 Å². The largest absolute Gasteiger partial charge is 0.497 e. The minimum absolute atomic E-state index is 0.432. The summed E-state index contributed by atoms with van der Waals surface area (Å²) in [5.41, 5.74) is 2.05. The van der Waals surface area contributed by atoms with Gasteiger partial charge in [-0.05, 0) is 48.4 Å². The van der Waals surface area contributed by atoms with Crippen molar-refractivity contribution in [2.45, 2.75) is 6.42 Å². The molecule has 0 aliphatic rings. The summed E-state index contributed by atoms with van der Waals surface area (Å²) in [5.74, 6) is 2.75. The maximum absolute atomic E-state index is 5.24. The zero-order valence-electron chi connectivity index (χ0n) is 14.8. The van der Waals surface area contributed by atoms with Gasteiger partial charge >= 0.3 is 0 Å². The summed E-state index contributed by atoms with van der Waals surface area (Å²) in [5, 5.41) is 14.4. The van der Waals surface area contributed by atoms with Crippen molar-refractivity contribution in [3.63, 3.8) is 0 Å². The van der Waals surface area contributed by atoms with Crippen LogP contribution in [-0.2, 0) is 6.42 Å². The molecule has 134 valence electrons. The molecule has 2 N–H and O–H groups in total.